The monoisotopic (exact) mass is 255 g/mol. The second kappa shape index (κ2) is 6.39. The predicted octanol–water partition coefficient (Wildman–Crippen LogP) is 2.21. The van der Waals surface area contributed by atoms with Crippen molar-refractivity contribution in [2.45, 2.75) is 33.1 Å². The SMILES string of the molecule is CCc1sc(C(=O)NCCCC(=O)O)cc1C. The van der Waals surface area contributed by atoms with E-state index < -0.39 is 5.97 Å². The number of aryl methyl sites for hydroxylation is 2. The zero-order valence-corrected chi connectivity index (χ0v) is 10.9. The van der Waals surface area contributed by atoms with Gasteiger partial charge in [-0.15, -0.1) is 11.3 Å². The maximum Gasteiger partial charge on any atom is 0.303 e. The van der Waals surface area contributed by atoms with Crippen LogP contribution in [0.15, 0.2) is 6.07 Å². The number of hydrogen-bond donors (Lipinski definition) is 2. The van der Waals surface area contributed by atoms with E-state index in [0.29, 0.717) is 17.8 Å². The molecule has 1 amide bonds. The van der Waals surface area contributed by atoms with Gasteiger partial charge >= 0.3 is 5.97 Å². The lowest BCUT2D eigenvalue weighted by Gasteiger charge is -2.01. The molecule has 1 aromatic rings. The van der Waals surface area contributed by atoms with Crippen LogP contribution < -0.4 is 5.32 Å². The highest BCUT2D eigenvalue weighted by Crippen LogP contribution is 2.22. The van der Waals surface area contributed by atoms with Crippen LogP contribution in [0.4, 0.5) is 0 Å². The molecule has 0 saturated carbocycles. The van der Waals surface area contributed by atoms with Crippen LogP contribution in [0.3, 0.4) is 0 Å². The Labute approximate surface area is 105 Å². The number of amides is 1. The molecule has 0 radical (unpaired) electrons. The summed E-state index contributed by atoms with van der Waals surface area (Å²) >= 11 is 1.50. The molecule has 5 heteroatoms. The molecule has 0 aliphatic rings. The third-order valence-electron chi connectivity index (χ3n) is 2.42. The third kappa shape index (κ3) is 4.19. The van der Waals surface area contributed by atoms with Crippen LogP contribution in [0.5, 0.6) is 0 Å². The van der Waals surface area contributed by atoms with Crippen LogP contribution in [0.1, 0.15) is 39.9 Å². The number of rotatable bonds is 6. The Balaban J connectivity index is 2.44. The molecule has 4 nitrogen and oxygen atoms in total. The van der Waals surface area contributed by atoms with Crippen LogP contribution in [-0.4, -0.2) is 23.5 Å². The third-order valence-corrected chi connectivity index (χ3v) is 3.80. The molecule has 17 heavy (non-hydrogen) atoms. The van der Waals surface area contributed by atoms with E-state index in [1.165, 1.54) is 16.2 Å². The highest BCUT2D eigenvalue weighted by molar-refractivity contribution is 7.14. The van der Waals surface area contributed by atoms with Crippen molar-refractivity contribution < 1.29 is 14.7 Å². The lowest BCUT2D eigenvalue weighted by Crippen LogP contribution is -2.24. The van der Waals surface area contributed by atoms with Crippen molar-refractivity contribution >= 4 is 23.2 Å². The molecule has 0 unspecified atom stereocenters. The highest BCUT2D eigenvalue weighted by Gasteiger charge is 2.10. The summed E-state index contributed by atoms with van der Waals surface area (Å²) in [4.78, 5) is 23.9. The van der Waals surface area contributed by atoms with E-state index in [0.717, 1.165) is 12.0 Å². The number of nitrogens with one attached hydrogen (secondary N) is 1. The van der Waals surface area contributed by atoms with Gasteiger partial charge in [0.2, 0.25) is 0 Å². The quantitative estimate of drug-likeness (QED) is 0.766. The fraction of sp³-hybridized carbons (Fsp3) is 0.500. The van der Waals surface area contributed by atoms with Crippen molar-refractivity contribution in [2.24, 2.45) is 0 Å². The van der Waals surface area contributed by atoms with Crippen LogP contribution >= 0.6 is 11.3 Å². The summed E-state index contributed by atoms with van der Waals surface area (Å²) in [5.74, 6) is -0.942. The Kier molecular flexibility index (Phi) is 5.15. The topological polar surface area (TPSA) is 66.4 Å². The minimum Gasteiger partial charge on any atom is -0.481 e. The molecule has 94 valence electrons. The molecule has 0 saturated heterocycles. The molecule has 0 atom stereocenters. The minimum absolute atomic E-state index is 0.0873. The van der Waals surface area contributed by atoms with Crippen LogP contribution in [-0.2, 0) is 11.2 Å². The maximum absolute atomic E-state index is 11.7. The van der Waals surface area contributed by atoms with Crippen molar-refractivity contribution in [1.82, 2.24) is 5.32 Å². The Morgan fingerprint density at radius 1 is 1.47 bits per heavy atom. The second-order valence-corrected chi connectivity index (χ2v) is 4.96. The molecule has 1 heterocycles. The average molecular weight is 255 g/mol. The van der Waals surface area contributed by atoms with Gasteiger partial charge in [-0.1, -0.05) is 6.92 Å². The van der Waals surface area contributed by atoms with Crippen molar-refractivity contribution in [2.75, 3.05) is 6.54 Å². The van der Waals surface area contributed by atoms with E-state index in [1.807, 2.05) is 13.0 Å². The highest BCUT2D eigenvalue weighted by atomic mass is 32.1. The van der Waals surface area contributed by atoms with Gasteiger partial charge < -0.3 is 10.4 Å². The largest absolute Gasteiger partial charge is 0.481 e. The number of carbonyl (C=O) groups is 2. The molecule has 1 rings (SSSR count). The first kappa shape index (κ1) is 13.7. The number of carboxylic acid groups (broad SMARTS) is 1. The molecule has 0 bridgehead atoms. The molecular weight excluding hydrogens is 238 g/mol. The molecule has 0 aliphatic carbocycles. The zero-order valence-electron chi connectivity index (χ0n) is 10.1. The summed E-state index contributed by atoms with van der Waals surface area (Å²) in [5, 5.41) is 11.2. The fourth-order valence-corrected chi connectivity index (χ4v) is 2.54. The summed E-state index contributed by atoms with van der Waals surface area (Å²) in [6.45, 7) is 4.47. The Bertz CT molecular complexity index is 412. The molecule has 0 fully saturated rings. The van der Waals surface area contributed by atoms with E-state index in [-0.39, 0.29) is 12.3 Å². The van der Waals surface area contributed by atoms with Crippen molar-refractivity contribution in [3.05, 3.63) is 21.4 Å². The second-order valence-electron chi connectivity index (χ2n) is 3.82. The Hall–Kier alpha value is -1.36. The lowest BCUT2D eigenvalue weighted by molar-refractivity contribution is -0.137. The molecule has 2 N–H and O–H groups in total. The van der Waals surface area contributed by atoms with E-state index in [1.54, 1.807) is 0 Å². The van der Waals surface area contributed by atoms with E-state index in [9.17, 15) is 9.59 Å². The van der Waals surface area contributed by atoms with E-state index >= 15 is 0 Å². The molecule has 0 aliphatic heterocycles. The van der Waals surface area contributed by atoms with E-state index in [2.05, 4.69) is 12.2 Å². The minimum atomic E-state index is -0.834. The smallest absolute Gasteiger partial charge is 0.303 e. The van der Waals surface area contributed by atoms with Gasteiger partial charge in [-0.3, -0.25) is 9.59 Å². The summed E-state index contributed by atoms with van der Waals surface area (Å²) in [6, 6.07) is 1.88. The van der Waals surface area contributed by atoms with Gasteiger partial charge in [0.05, 0.1) is 4.88 Å². The Morgan fingerprint density at radius 3 is 2.71 bits per heavy atom. The summed E-state index contributed by atoms with van der Waals surface area (Å²) in [5.41, 5.74) is 1.15. The van der Waals surface area contributed by atoms with Gasteiger partial charge in [-0.2, -0.15) is 0 Å². The van der Waals surface area contributed by atoms with Gasteiger partial charge in [-0.05, 0) is 31.4 Å². The molecular formula is C12H17NO3S. The van der Waals surface area contributed by atoms with Crippen molar-refractivity contribution in [3.63, 3.8) is 0 Å². The van der Waals surface area contributed by atoms with Gasteiger partial charge in [-0.25, -0.2) is 0 Å². The zero-order chi connectivity index (χ0) is 12.8. The number of thiophene rings is 1. The first-order valence-corrected chi connectivity index (χ1v) is 6.45. The van der Waals surface area contributed by atoms with Gasteiger partial charge in [0.15, 0.2) is 0 Å². The van der Waals surface area contributed by atoms with Crippen LogP contribution in [0, 0.1) is 6.92 Å². The summed E-state index contributed by atoms with van der Waals surface area (Å²) in [6.07, 6.45) is 1.48. The standard InChI is InChI=1S/C12H17NO3S/c1-3-9-8(2)7-10(17-9)12(16)13-6-4-5-11(14)15/h7H,3-6H2,1-2H3,(H,13,16)(H,14,15). The van der Waals surface area contributed by atoms with Crippen molar-refractivity contribution in [3.8, 4) is 0 Å². The van der Waals surface area contributed by atoms with Crippen molar-refractivity contribution in [1.29, 1.82) is 0 Å². The summed E-state index contributed by atoms with van der Waals surface area (Å²) < 4.78 is 0. The van der Waals surface area contributed by atoms with Crippen LogP contribution in [0.2, 0.25) is 0 Å². The first-order valence-electron chi connectivity index (χ1n) is 5.64. The summed E-state index contributed by atoms with van der Waals surface area (Å²) in [7, 11) is 0. The van der Waals surface area contributed by atoms with Crippen LogP contribution in [0.25, 0.3) is 0 Å². The average Bonchev–Trinajstić information content (AvgIpc) is 2.65. The Morgan fingerprint density at radius 2 is 2.18 bits per heavy atom. The normalized spacial score (nSPS) is 10.2. The number of carboxylic acids is 1. The fourth-order valence-electron chi connectivity index (χ4n) is 1.51. The van der Waals surface area contributed by atoms with Gasteiger partial charge in [0.1, 0.15) is 0 Å². The van der Waals surface area contributed by atoms with Gasteiger partial charge in [0.25, 0.3) is 5.91 Å². The molecule has 1 aromatic heterocycles. The lowest BCUT2D eigenvalue weighted by atomic mass is 10.2. The number of hydrogen-bond acceptors (Lipinski definition) is 3. The number of carbonyl (C=O) groups excluding carboxylic acids is 1. The number of aliphatic carboxylic acids is 1. The molecule has 0 aromatic carbocycles. The van der Waals surface area contributed by atoms with Gasteiger partial charge in [0, 0.05) is 17.8 Å². The molecule has 0 spiro atoms. The van der Waals surface area contributed by atoms with E-state index in [4.69, 9.17) is 5.11 Å². The maximum atomic E-state index is 11.7. The predicted molar refractivity (Wildman–Crippen MR) is 67.6 cm³/mol. The first-order chi connectivity index (χ1) is 8.04.